The molecule has 0 aliphatic rings. The Morgan fingerprint density at radius 3 is 2.21 bits per heavy atom. The van der Waals surface area contributed by atoms with Gasteiger partial charge < -0.3 is 20.1 Å². The van der Waals surface area contributed by atoms with Crippen molar-refractivity contribution >= 4 is 28.4 Å². The molecule has 0 spiro atoms. The first-order valence-corrected chi connectivity index (χ1v) is 12.6. The summed E-state index contributed by atoms with van der Waals surface area (Å²) in [5.41, 5.74) is 2.68. The summed E-state index contributed by atoms with van der Waals surface area (Å²) in [6, 6.07) is 34.4. The molecule has 39 heavy (non-hydrogen) atoms. The van der Waals surface area contributed by atoms with Gasteiger partial charge >= 0.3 is 0 Å². The van der Waals surface area contributed by atoms with Crippen molar-refractivity contribution in [3.8, 4) is 11.5 Å². The van der Waals surface area contributed by atoms with Crippen molar-refractivity contribution in [3.05, 3.63) is 133 Å². The Morgan fingerprint density at radius 2 is 1.44 bits per heavy atom. The van der Waals surface area contributed by atoms with E-state index in [2.05, 4.69) is 15.6 Å². The van der Waals surface area contributed by atoms with Crippen molar-refractivity contribution < 1.29 is 19.1 Å². The van der Waals surface area contributed by atoms with Crippen molar-refractivity contribution in [2.24, 2.45) is 0 Å². The monoisotopic (exact) mass is 517 g/mol. The lowest BCUT2D eigenvalue weighted by Gasteiger charge is -2.19. The maximum absolute atomic E-state index is 13.3. The first-order chi connectivity index (χ1) is 19.1. The lowest BCUT2D eigenvalue weighted by atomic mass is 10.1. The summed E-state index contributed by atoms with van der Waals surface area (Å²) in [6.45, 7) is 0.298. The van der Waals surface area contributed by atoms with E-state index in [4.69, 9.17) is 9.47 Å². The number of rotatable bonds is 10. The van der Waals surface area contributed by atoms with Gasteiger partial charge in [-0.1, -0.05) is 66.7 Å². The van der Waals surface area contributed by atoms with Crippen LogP contribution in [0.5, 0.6) is 11.5 Å². The molecular formula is C32H27N3O4. The fourth-order valence-electron chi connectivity index (χ4n) is 3.95. The molecule has 0 fully saturated rings. The second-order valence-corrected chi connectivity index (χ2v) is 8.87. The molecule has 5 rings (SSSR count). The normalized spacial score (nSPS) is 11.5. The minimum atomic E-state index is -0.937. The summed E-state index contributed by atoms with van der Waals surface area (Å²) in [5.74, 6) is 0.542. The Labute approximate surface area is 226 Å². The zero-order chi connectivity index (χ0) is 26.9. The quantitative estimate of drug-likeness (QED) is 0.238. The van der Waals surface area contributed by atoms with Gasteiger partial charge in [-0.05, 0) is 54.1 Å². The third-order valence-corrected chi connectivity index (χ3v) is 5.97. The van der Waals surface area contributed by atoms with E-state index < -0.39 is 17.9 Å². The maximum atomic E-state index is 13.3. The molecule has 1 aromatic heterocycles. The number of ether oxygens (including phenoxy) is 2. The van der Waals surface area contributed by atoms with E-state index in [1.54, 1.807) is 30.3 Å². The number of para-hydroxylation sites is 2. The van der Waals surface area contributed by atoms with Crippen LogP contribution in [-0.2, 0) is 16.1 Å². The molecule has 194 valence electrons. The van der Waals surface area contributed by atoms with Gasteiger partial charge in [0.05, 0.1) is 24.3 Å². The number of nitrogens with zero attached hydrogens (tertiary/aromatic N) is 1. The lowest BCUT2D eigenvalue weighted by molar-refractivity contribution is -0.119. The molecule has 0 saturated heterocycles. The number of nitrogens with one attached hydrogen (secondary N) is 2. The van der Waals surface area contributed by atoms with Gasteiger partial charge in [0, 0.05) is 17.3 Å². The van der Waals surface area contributed by atoms with Crippen LogP contribution in [0.1, 0.15) is 15.9 Å². The van der Waals surface area contributed by atoms with Crippen LogP contribution in [0.15, 0.2) is 121 Å². The first-order valence-electron chi connectivity index (χ1n) is 12.6. The van der Waals surface area contributed by atoms with Crippen LogP contribution in [-0.4, -0.2) is 29.4 Å². The Balaban J connectivity index is 1.27. The molecule has 2 amide bonds. The molecule has 1 heterocycles. The summed E-state index contributed by atoms with van der Waals surface area (Å²) in [6.07, 6.45) is 1.50. The number of anilines is 1. The molecule has 7 nitrogen and oxygen atoms in total. The van der Waals surface area contributed by atoms with Crippen molar-refractivity contribution in [3.63, 3.8) is 0 Å². The summed E-state index contributed by atoms with van der Waals surface area (Å²) in [7, 11) is 0. The number of aromatic nitrogens is 1. The summed E-state index contributed by atoms with van der Waals surface area (Å²) in [5, 5.41) is 6.51. The number of hydrogen-bond acceptors (Lipinski definition) is 5. The number of carbonyl (C=O) groups excluding carboxylic acids is 2. The van der Waals surface area contributed by atoms with Crippen LogP contribution in [0.2, 0.25) is 0 Å². The number of hydrogen-bond donors (Lipinski definition) is 2. The molecule has 1 atom stereocenters. The molecule has 1 unspecified atom stereocenters. The highest BCUT2D eigenvalue weighted by molar-refractivity contribution is 6.02. The first kappa shape index (κ1) is 25.6. The molecule has 0 bridgehead atoms. The standard InChI is InChI=1S/C32H27N3O4/c36-31(25-19-24-11-7-8-14-29(24)33-20-25)35-30(22-38-21-23-9-3-1-4-10-23)32(37)34-26-15-17-28(18-16-26)39-27-12-5-2-6-13-27/h1-20,30H,21-22H2,(H,34,37)(H,35,36). The number of fused-ring (bicyclic) bond motifs is 1. The SMILES string of the molecule is O=C(NC(COCc1ccccc1)C(=O)Nc1ccc(Oc2ccccc2)cc1)c1cnc2ccccc2c1. The van der Waals surface area contributed by atoms with E-state index in [0.29, 0.717) is 23.6 Å². The average molecular weight is 518 g/mol. The van der Waals surface area contributed by atoms with Gasteiger partial charge in [0.15, 0.2) is 0 Å². The van der Waals surface area contributed by atoms with Crippen LogP contribution in [0.25, 0.3) is 10.9 Å². The smallest absolute Gasteiger partial charge is 0.253 e. The van der Waals surface area contributed by atoms with E-state index in [-0.39, 0.29) is 6.61 Å². The van der Waals surface area contributed by atoms with Crippen LogP contribution >= 0.6 is 0 Å². The second kappa shape index (κ2) is 12.5. The number of amides is 2. The Hall–Kier alpha value is -5.01. The maximum Gasteiger partial charge on any atom is 0.253 e. The van der Waals surface area contributed by atoms with E-state index in [9.17, 15) is 9.59 Å². The average Bonchev–Trinajstić information content (AvgIpc) is 2.98. The van der Waals surface area contributed by atoms with E-state index in [1.165, 1.54) is 6.20 Å². The van der Waals surface area contributed by atoms with E-state index in [1.807, 2.05) is 84.9 Å². The molecule has 0 saturated carbocycles. The molecule has 7 heteroatoms. The summed E-state index contributed by atoms with van der Waals surface area (Å²) < 4.78 is 11.6. The minimum absolute atomic E-state index is 0.0112. The molecule has 0 aliphatic carbocycles. The fourth-order valence-corrected chi connectivity index (χ4v) is 3.95. The van der Waals surface area contributed by atoms with Gasteiger partial charge in [-0.3, -0.25) is 14.6 Å². The van der Waals surface area contributed by atoms with Gasteiger partial charge in [-0.15, -0.1) is 0 Å². The van der Waals surface area contributed by atoms with Crippen molar-refractivity contribution in [2.75, 3.05) is 11.9 Å². The van der Waals surface area contributed by atoms with Crippen molar-refractivity contribution in [2.45, 2.75) is 12.6 Å². The largest absolute Gasteiger partial charge is 0.457 e. The van der Waals surface area contributed by atoms with Gasteiger partial charge in [0.1, 0.15) is 17.5 Å². The molecule has 2 N–H and O–H groups in total. The van der Waals surface area contributed by atoms with E-state index >= 15 is 0 Å². The number of pyridine rings is 1. The topological polar surface area (TPSA) is 89.5 Å². The minimum Gasteiger partial charge on any atom is -0.457 e. The molecule has 4 aromatic carbocycles. The Bertz CT molecular complexity index is 1540. The number of carbonyl (C=O) groups is 2. The Morgan fingerprint density at radius 1 is 0.769 bits per heavy atom. The highest BCUT2D eigenvalue weighted by atomic mass is 16.5. The summed E-state index contributed by atoms with van der Waals surface area (Å²) >= 11 is 0. The van der Waals surface area contributed by atoms with Gasteiger partial charge in [0.25, 0.3) is 5.91 Å². The van der Waals surface area contributed by atoms with Gasteiger partial charge in [-0.25, -0.2) is 0 Å². The zero-order valence-electron chi connectivity index (χ0n) is 21.1. The van der Waals surface area contributed by atoms with Gasteiger partial charge in [0.2, 0.25) is 5.91 Å². The molecular weight excluding hydrogens is 490 g/mol. The third kappa shape index (κ3) is 7.06. The predicted octanol–water partition coefficient (Wildman–Crippen LogP) is 5.98. The van der Waals surface area contributed by atoms with E-state index in [0.717, 1.165) is 22.2 Å². The van der Waals surface area contributed by atoms with Crippen LogP contribution in [0.4, 0.5) is 5.69 Å². The highest BCUT2D eigenvalue weighted by Crippen LogP contribution is 2.23. The molecule has 5 aromatic rings. The highest BCUT2D eigenvalue weighted by Gasteiger charge is 2.22. The fraction of sp³-hybridized carbons (Fsp3) is 0.0938. The summed E-state index contributed by atoms with van der Waals surface area (Å²) in [4.78, 5) is 30.7. The third-order valence-electron chi connectivity index (χ3n) is 5.97. The molecule has 0 radical (unpaired) electrons. The molecule has 0 aliphatic heterocycles. The van der Waals surface area contributed by atoms with Crippen LogP contribution in [0, 0.1) is 0 Å². The number of benzene rings is 4. The van der Waals surface area contributed by atoms with Gasteiger partial charge in [-0.2, -0.15) is 0 Å². The van der Waals surface area contributed by atoms with Crippen LogP contribution in [0.3, 0.4) is 0 Å². The van der Waals surface area contributed by atoms with Crippen molar-refractivity contribution in [1.82, 2.24) is 10.3 Å². The predicted molar refractivity (Wildman–Crippen MR) is 151 cm³/mol. The second-order valence-electron chi connectivity index (χ2n) is 8.87. The lowest BCUT2D eigenvalue weighted by Crippen LogP contribution is -2.46. The Kier molecular flexibility index (Phi) is 8.21. The zero-order valence-corrected chi connectivity index (χ0v) is 21.1. The van der Waals surface area contributed by atoms with Crippen LogP contribution < -0.4 is 15.4 Å². The van der Waals surface area contributed by atoms with Crippen molar-refractivity contribution in [1.29, 1.82) is 0 Å².